The molecule has 0 aromatic heterocycles. The molecule has 0 radical (unpaired) electrons. The molecule has 3 rings (SSSR count). The van der Waals surface area contributed by atoms with Gasteiger partial charge < -0.3 is 4.55 Å². The molecule has 2 saturated carbocycles. The van der Waals surface area contributed by atoms with E-state index in [1.165, 1.54) is 0 Å². The maximum absolute atomic E-state index is 14.7. The number of hydrogen-bond acceptors (Lipinski definition) is 2. The molecule has 7 heteroatoms. The monoisotopic (exact) mass is 393 g/mol. The summed E-state index contributed by atoms with van der Waals surface area (Å²) in [5, 5.41) is -0.191. The zero-order valence-electron chi connectivity index (χ0n) is 14.6. The van der Waals surface area contributed by atoms with Crippen molar-refractivity contribution in [1.82, 2.24) is 4.72 Å². The minimum Gasteiger partial charge on any atom is -0.598 e. The van der Waals surface area contributed by atoms with Gasteiger partial charge in [0.2, 0.25) is 0 Å². The van der Waals surface area contributed by atoms with Crippen LogP contribution in [0.25, 0.3) is 0 Å². The molecule has 2 bridgehead atoms. The third-order valence-electron chi connectivity index (χ3n) is 5.57. The lowest BCUT2D eigenvalue weighted by atomic mass is 9.74. The second-order valence-electron chi connectivity index (χ2n) is 8.38. The molecular formula is C18H23ClF3NOS. The SMILES string of the molecule is CC(C)(C)[S@@+]([O-])NC(c1c(F)ccc(Cl)c1F)C12CCC(F)(CC1)C2. The van der Waals surface area contributed by atoms with Crippen LogP contribution in [-0.4, -0.2) is 15.0 Å². The zero-order chi connectivity index (χ0) is 18.6. The highest BCUT2D eigenvalue weighted by atomic mass is 35.5. The van der Waals surface area contributed by atoms with Crippen LogP contribution < -0.4 is 4.72 Å². The van der Waals surface area contributed by atoms with E-state index < -0.39 is 44.9 Å². The van der Waals surface area contributed by atoms with E-state index in [1.807, 2.05) is 0 Å². The Hall–Kier alpha value is -0.430. The van der Waals surface area contributed by atoms with E-state index in [0.717, 1.165) is 12.1 Å². The predicted molar refractivity (Wildman–Crippen MR) is 94.5 cm³/mol. The van der Waals surface area contributed by atoms with Gasteiger partial charge in [-0.3, -0.25) is 0 Å². The minimum absolute atomic E-state index is 0.191. The fourth-order valence-corrected chi connectivity index (χ4v) is 5.25. The molecule has 0 spiro atoms. The first-order valence-electron chi connectivity index (χ1n) is 8.48. The topological polar surface area (TPSA) is 35.1 Å². The molecule has 140 valence electrons. The van der Waals surface area contributed by atoms with Crippen molar-refractivity contribution in [3.8, 4) is 0 Å². The van der Waals surface area contributed by atoms with Gasteiger partial charge in [-0.2, -0.15) is 0 Å². The average molecular weight is 394 g/mol. The van der Waals surface area contributed by atoms with E-state index in [2.05, 4.69) is 4.72 Å². The van der Waals surface area contributed by atoms with Crippen molar-refractivity contribution in [2.75, 3.05) is 0 Å². The lowest BCUT2D eigenvalue weighted by Gasteiger charge is -2.38. The van der Waals surface area contributed by atoms with Gasteiger partial charge in [-0.05, 0) is 70.4 Å². The first kappa shape index (κ1) is 19.3. The summed E-state index contributed by atoms with van der Waals surface area (Å²) in [6, 6.07) is 1.39. The standard InChI is InChI=1S/C18H23ClF3NOS/c1-16(2,3)25(24)23-15(13-12(20)5-4-11(19)14(13)21)17-6-8-18(22,10-17)9-7-17/h4-5,15,23H,6-10H2,1-3H3/t15?,17?,18?,25-/m1/s1. The number of halogens is 4. The van der Waals surface area contributed by atoms with Crippen LogP contribution in [-0.2, 0) is 11.4 Å². The van der Waals surface area contributed by atoms with Gasteiger partial charge in [-0.1, -0.05) is 11.6 Å². The van der Waals surface area contributed by atoms with Crippen molar-refractivity contribution in [2.24, 2.45) is 5.41 Å². The van der Waals surface area contributed by atoms with Crippen molar-refractivity contribution in [1.29, 1.82) is 0 Å². The number of fused-ring (bicyclic) bond motifs is 2. The van der Waals surface area contributed by atoms with Gasteiger partial charge in [-0.25, -0.2) is 13.2 Å². The first-order chi connectivity index (χ1) is 11.5. The molecule has 2 aliphatic rings. The van der Waals surface area contributed by atoms with Crippen LogP contribution >= 0.6 is 11.6 Å². The van der Waals surface area contributed by atoms with Gasteiger partial charge in [0.05, 0.1) is 11.1 Å². The molecule has 25 heavy (non-hydrogen) atoms. The average Bonchev–Trinajstić information content (AvgIpc) is 3.04. The molecule has 1 aromatic rings. The van der Waals surface area contributed by atoms with Crippen molar-refractivity contribution >= 4 is 23.0 Å². The van der Waals surface area contributed by atoms with Crippen LogP contribution in [0, 0.1) is 17.0 Å². The van der Waals surface area contributed by atoms with Crippen molar-refractivity contribution in [2.45, 2.75) is 69.3 Å². The third kappa shape index (κ3) is 3.43. The molecule has 2 atom stereocenters. The van der Waals surface area contributed by atoms with Crippen LogP contribution in [0.1, 0.15) is 64.5 Å². The van der Waals surface area contributed by atoms with Crippen molar-refractivity contribution < 1.29 is 17.7 Å². The number of rotatable bonds is 4. The Bertz CT molecular complexity index is 671. The van der Waals surface area contributed by atoms with Crippen LogP contribution in [0.4, 0.5) is 13.2 Å². The largest absolute Gasteiger partial charge is 0.598 e. The highest BCUT2D eigenvalue weighted by Gasteiger charge is 2.60. The Morgan fingerprint density at radius 1 is 1.20 bits per heavy atom. The molecule has 1 aromatic carbocycles. The molecule has 2 aliphatic carbocycles. The van der Waals surface area contributed by atoms with Gasteiger partial charge in [-0.15, -0.1) is 4.72 Å². The van der Waals surface area contributed by atoms with Crippen LogP contribution in [0.3, 0.4) is 0 Å². The summed E-state index contributed by atoms with van der Waals surface area (Å²) in [4.78, 5) is 0. The van der Waals surface area contributed by atoms with Crippen molar-refractivity contribution in [3.63, 3.8) is 0 Å². The second kappa shape index (κ2) is 6.32. The van der Waals surface area contributed by atoms with Gasteiger partial charge in [0, 0.05) is 16.9 Å². The number of hydrogen-bond donors (Lipinski definition) is 1. The van der Waals surface area contributed by atoms with Crippen LogP contribution in [0.15, 0.2) is 12.1 Å². The molecule has 0 saturated heterocycles. The fraction of sp³-hybridized carbons (Fsp3) is 0.667. The summed E-state index contributed by atoms with van der Waals surface area (Å²) in [6.45, 7) is 5.33. The van der Waals surface area contributed by atoms with Gasteiger partial charge >= 0.3 is 0 Å². The Balaban J connectivity index is 2.07. The number of benzene rings is 1. The molecule has 0 aliphatic heterocycles. The van der Waals surface area contributed by atoms with Gasteiger partial charge in [0.1, 0.15) is 22.1 Å². The van der Waals surface area contributed by atoms with E-state index in [-0.39, 0.29) is 17.0 Å². The summed E-state index contributed by atoms with van der Waals surface area (Å²) in [5.41, 5.74) is -2.16. The van der Waals surface area contributed by atoms with E-state index in [4.69, 9.17) is 11.6 Å². The van der Waals surface area contributed by atoms with Crippen LogP contribution in [0.2, 0.25) is 5.02 Å². The second-order valence-corrected chi connectivity index (χ2v) is 10.8. The number of nitrogens with one attached hydrogen (secondary N) is 1. The first-order valence-corrected chi connectivity index (χ1v) is 10.0. The number of alkyl halides is 1. The molecule has 1 unspecified atom stereocenters. The lowest BCUT2D eigenvalue weighted by Crippen LogP contribution is -2.46. The zero-order valence-corrected chi connectivity index (χ0v) is 16.2. The molecule has 2 nitrogen and oxygen atoms in total. The Kier molecular flexibility index (Phi) is 4.89. The van der Waals surface area contributed by atoms with Gasteiger partial charge in [0.25, 0.3) is 0 Å². The highest BCUT2D eigenvalue weighted by Crippen LogP contribution is 2.64. The highest BCUT2D eigenvalue weighted by molar-refractivity contribution is 7.90. The van der Waals surface area contributed by atoms with E-state index in [0.29, 0.717) is 25.7 Å². The summed E-state index contributed by atoms with van der Waals surface area (Å²) in [6.07, 6.45) is 1.99. The minimum atomic E-state index is -1.56. The Morgan fingerprint density at radius 3 is 2.28 bits per heavy atom. The summed E-state index contributed by atoms with van der Waals surface area (Å²) in [5.74, 6) is -1.61. The maximum atomic E-state index is 14.7. The molecule has 2 fully saturated rings. The van der Waals surface area contributed by atoms with Crippen molar-refractivity contribution in [3.05, 3.63) is 34.4 Å². The molecule has 1 N–H and O–H groups in total. The Morgan fingerprint density at radius 2 is 1.80 bits per heavy atom. The lowest BCUT2D eigenvalue weighted by molar-refractivity contribution is 0.175. The van der Waals surface area contributed by atoms with E-state index in [1.54, 1.807) is 20.8 Å². The van der Waals surface area contributed by atoms with E-state index >= 15 is 0 Å². The third-order valence-corrected chi connectivity index (χ3v) is 7.43. The smallest absolute Gasteiger partial charge is 0.149 e. The molecule has 0 heterocycles. The quantitative estimate of drug-likeness (QED) is 0.550. The van der Waals surface area contributed by atoms with E-state index in [9.17, 15) is 17.7 Å². The van der Waals surface area contributed by atoms with Gasteiger partial charge in [0.15, 0.2) is 0 Å². The Labute approximate surface area is 154 Å². The summed E-state index contributed by atoms with van der Waals surface area (Å²) >= 11 is 4.31. The molecule has 0 amide bonds. The summed E-state index contributed by atoms with van der Waals surface area (Å²) in [7, 11) is 0. The van der Waals surface area contributed by atoms with Crippen LogP contribution in [0.5, 0.6) is 0 Å². The fourth-order valence-electron chi connectivity index (χ4n) is 4.15. The normalized spacial score (nSPS) is 31.4. The maximum Gasteiger partial charge on any atom is 0.149 e. The summed E-state index contributed by atoms with van der Waals surface area (Å²) < 4.78 is 59.0. The molecular weight excluding hydrogens is 371 g/mol. The predicted octanol–water partition coefficient (Wildman–Crippen LogP) is 5.38.